The van der Waals surface area contributed by atoms with Crippen LogP contribution in [-0.4, -0.2) is 26.9 Å². The van der Waals surface area contributed by atoms with Crippen molar-refractivity contribution in [2.45, 2.75) is 26.2 Å². The zero-order valence-corrected chi connectivity index (χ0v) is 10.3. The average Bonchev–Trinajstić information content (AvgIpc) is 2.30. The van der Waals surface area contributed by atoms with Gasteiger partial charge >= 0.3 is 0 Å². The molecule has 0 aliphatic heterocycles. The summed E-state index contributed by atoms with van der Waals surface area (Å²) in [5, 5.41) is 3.36. The van der Waals surface area contributed by atoms with Crippen LogP contribution in [0, 0.1) is 0 Å². The van der Waals surface area contributed by atoms with Crippen LogP contribution in [0.25, 0.3) is 0 Å². The van der Waals surface area contributed by atoms with Crippen molar-refractivity contribution in [3.63, 3.8) is 0 Å². The van der Waals surface area contributed by atoms with Crippen molar-refractivity contribution < 1.29 is 9.47 Å². The Labute approximate surface area is 97.8 Å². The lowest BCUT2D eigenvalue weighted by Crippen LogP contribution is -2.25. The summed E-state index contributed by atoms with van der Waals surface area (Å²) in [7, 11) is 3.44. The van der Waals surface area contributed by atoms with Crippen LogP contribution >= 0.6 is 0 Å². The standard InChI is InChI=1S/C13H21NO2/c1-11(16-3)8-14-9-12-5-4-6-13(7-12)10-15-2/h4-7,11,14H,8-10H2,1-3H3. The molecule has 1 aromatic carbocycles. The van der Waals surface area contributed by atoms with Crippen LogP contribution in [0.3, 0.4) is 0 Å². The summed E-state index contributed by atoms with van der Waals surface area (Å²) >= 11 is 0. The minimum atomic E-state index is 0.252. The van der Waals surface area contributed by atoms with Crippen LogP contribution < -0.4 is 5.32 Å². The van der Waals surface area contributed by atoms with E-state index < -0.39 is 0 Å². The molecule has 0 fully saturated rings. The Bertz CT molecular complexity index is 302. The summed E-state index contributed by atoms with van der Waals surface area (Å²) in [4.78, 5) is 0. The van der Waals surface area contributed by atoms with Crippen LogP contribution in [-0.2, 0) is 22.6 Å². The molecule has 0 aliphatic carbocycles. The van der Waals surface area contributed by atoms with Gasteiger partial charge in [0.05, 0.1) is 12.7 Å². The van der Waals surface area contributed by atoms with E-state index >= 15 is 0 Å². The summed E-state index contributed by atoms with van der Waals surface area (Å²) in [6.45, 7) is 4.45. The topological polar surface area (TPSA) is 30.5 Å². The molecule has 3 nitrogen and oxygen atoms in total. The van der Waals surface area contributed by atoms with Gasteiger partial charge in [-0.25, -0.2) is 0 Å². The predicted molar refractivity (Wildman–Crippen MR) is 65.3 cm³/mol. The van der Waals surface area contributed by atoms with E-state index in [1.165, 1.54) is 11.1 Å². The second-order valence-corrected chi connectivity index (χ2v) is 3.93. The molecule has 90 valence electrons. The zero-order chi connectivity index (χ0) is 11.8. The smallest absolute Gasteiger partial charge is 0.0713 e. The third kappa shape index (κ3) is 4.75. The van der Waals surface area contributed by atoms with Crippen LogP contribution in [0.5, 0.6) is 0 Å². The molecular formula is C13H21NO2. The first-order chi connectivity index (χ1) is 7.76. The van der Waals surface area contributed by atoms with Crippen LogP contribution in [0.1, 0.15) is 18.1 Å². The van der Waals surface area contributed by atoms with E-state index in [4.69, 9.17) is 9.47 Å². The number of hydrogen-bond acceptors (Lipinski definition) is 3. The van der Waals surface area contributed by atoms with E-state index in [9.17, 15) is 0 Å². The quantitative estimate of drug-likeness (QED) is 0.766. The van der Waals surface area contributed by atoms with Gasteiger partial charge in [-0.2, -0.15) is 0 Å². The van der Waals surface area contributed by atoms with E-state index in [2.05, 4.69) is 29.6 Å². The molecule has 16 heavy (non-hydrogen) atoms. The van der Waals surface area contributed by atoms with Gasteiger partial charge in [0, 0.05) is 27.3 Å². The molecule has 0 saturated carbocycles. The fraction of sp³-hybridized carbons (Fsp3) is 0.538. The fourth-order valence-corrected chi connectivity index (χ4v) is 1.50. The highest BCUT2D eigenvalue weighted by Gasteiger charge is 1.99. The lowest BCUT2D eigenvalue weighted by Gasteiger charge is -2.11. The normalized spacial score (nSPS) is 12.7. The number of rotatable bonds is 7. The van der Waals surface area contributed by atoms with Gasteiger partial charge in [0.15, 0.2) is 0 Å². The molecule has 0 heterocycles. The predicted octanol–water partition coefficient (Wildman–Crippen LogP) is 1.96. The third-order valence-electron chi connectivity index (χ3n) is 2.47. The van der Waals surface area contributed by atoms with Crippen molar-refractivity contribution in [2.24, 2.45) is 0 Å². The summed E-state index contributed by atoms with van der Waals surface area (Å²) in [5.74, 6) is 0. The maximum Gasteiger partial charge on any atom is 0.0713 e. The van der Waals surface area contributed by atoms with Gasteiger partial charge in [0.1, 0.15) is 0 Å². The highest BCUT2D eigenvalue weighted by atomic mass is 16.5. The number of ether oxygens (including phenoxy) is 2. The molecule has 1 unspecified atom stereocenters. The third-order valence-corrected chi connectivity index (χ3v) is 2.47. The number of hydrogen-bond donors (Lipinski definition) is 1. The van der Waals surface area contributed by atoms with Gasteiger partial charge in [-0.3, -0.25) is 0 Å². The van der Waals surface area contributed by atoms with E-state index in [1.54, 1.807) is 14.2 Å². The molecule has 0 saturated heterocycles. The van der Waals surface area contributed by atoms with Crippen molar-refractivity contribution in [1.82, 2.24) is 5.32 Å². The number of nitrogens with one attached hydrogen (secondary N) is 1. The molecule has 1 aromatic rings. The van der Waals surface area contributed by atoms with Gasteiger partial charge in [-0.15, -0.1) is 0 Å². The molecule has 1 N–H and O–H groups in total. The maximum atomic E-state index is 5.17. The molecule has 1 rings (SSSR count). The van der Waals surface area contributed by atoms with E-state index in [1.807, 2.05) is 6.92 Å². The highest BCUT2D eigenvalue weighted by molar-refractivity contribution is 5.22. The van der Waals surface area contributed by atoms with Gasteiger partial charge in [0.2, 0.25) is 0 Å². The molecule has 0 amide bonds. The Morgan fingerprint density at radius 1 is 1.25 bits per heavy atom. The molecule has 3 heteroatoms. The highest BCUT2D eigenvalue weighted by Crippen LogP contribution is 2.06. The Morgan fingerprint density at radius 2 is 2.00 bits per heavy atom. The first kappa shape index (κ1) is 13.2. The Balaban J connectivity index is 2.38. The van der Waals surface area contributed by atoms with Crippen LogP contribution in [0.4, 0.5) is 0 Å². The number of methoxy groups -OCH3 is 2. The lowest BCUT2D eigenvalue weighted by atomic mass is 10.1. The van der Waals surface area contributed by atoms with Gasteiger partial charge in [-0.05, 0) is 18.1 Å². The summed E-state index contributed by atoms with van der Waals surface area (Å²) in [5.41, 5.74) is 2.49. The summed E-state index contributed by atoms with van der Waals surface area (Å²) in [6, 6.07) is 8.41. The molecule has 0 spiro atoms. The van der Waals surface area contributed by atoms with Crippen LogP contribution in [0.2, 0.25) is 0 Å². The zero-order valence-electron chi connectivity index (χ0n) is 10.3. The summed E-state index contributed by atoms with van der Waals surface area (Å²) in [6.07, 6.45) is 0.252. The molecule has 0 aromatic heterocycles. The monoisotopic (exact) mass is 223 g/mol. The Hall–Kier alpha value is -0.900. The second-order valence-electron chi connectivity index (χ2n) is 3.93. The van der Waals surface area contributed by atoms with E-state index in [-0.39, 0.29) is 6.10 Å². The van der Waals surface area contributed by atoms with Crippen molar-refractivity contribution in [3.05, 3.63) is 35.4 Å². The molecular weight excluding hydrogens is 202 g/mol. The minimum Gasteiger partial charge on any atom is -0.380 e. The minimum absolute atomic E-state index is 0.252. The van der Waals surface area contributed by atoms with Crippen molar-refractivity contribution in [2.75, 3.05) is 20.8 Å². The van der Waals surface area contributed by atoms with Gasteiger partial charge < -0.3 is 14.8 Å². The van der Waals surface area contributed by atoms with E-state index in [0.717, 1.165) is 13.1 Å². The molecule has 0 bridgehead atoms. The summed E-state index contributed by atoms with van der Waals surface area (Å²) < 4.78 is 10.3. The van der Waals surface area contributed by atoms with Crippen molar-refractivity contribution in [3.8, 4) is 0 Å². The van der Waals surface area contributed by atoms with Crippen molar-refractivity contribution >= 4 is 0 Å². The Morgan fingerprint density at radius 3 is 2.69 bits per heavy atom. The van der Waals surface area contributed by atoms with Crippen LogP contribution in [0.15, 0.2) is 24.3 Å². The molecule has 0 aliphatic rings. The SMILES string of the molecule is COCc1cccc(CNCC(C)OC)c1. The lowest BCUT2D eigenvalue weighted by molar-refractivity contribution is 0.117. The Kier molecular flexibility index (Phi) is 6.08. The average molecular weight is 223 g/mol. The first-order valence-electron chi connectivity index (χ1n) is 5.56. The largest absolute Gasteiger partial charge is 0.380 e. The molecule has 1 atom stereocenters. The van der Waals surface area contributed by atoms with E-state index in [0.29, 0.717) is 6.61 Å². The van der Waals surface area contributed by atoms with Crippen molar-refractivity contribution in [1.29, 1.82) is 0 Å². The second kappa shape index (κ2) is 7.39. The fourth-order valence-electron chi connectivity index (χ4n) is 1.50. The van der Waals surface area contributed by atoms with Gasteiger partial charge in [0.25, 0.3) is 0 Å². The maximum absolute atomic E-state index is 5.17. The number of benzene rings is 1. The first-order valence-corrected chi connectivity index (χ1v) is 5.56. The van der Waals surface area contributed by atoms with Gasteiger partial charge in [-0.1, -0.05) is 24.3 Å². The molecule has 0 radical (unpaired) electrons.